The minimum Gasteiger partial charge on any atom is -0.469 e. The zero-order valence-electron chi connectivity index (χ0n) is 10.3. The van der Waals surface area contributed by atoms with Gasteiger partial charge in [0.25, 0.3) is 0 Å². The molecule has 1 saturated heterocycles. The fourth-order valence-electron chi connectivity index (χ4n) is 1.90. The molecule has 3 N–H and O–H groups in total. The molecular weight excluding hydrogens is 234 g/mol. The summed E-state index contributed by atoms with van der Waals surface area (Å²) in [7, 11) is 1.35. The van der Waals surface area contributed by atoms with Crippen molar-refractivity contribution < 1.29 is 9.53 Å². The standard InChI is InChI=1S/C11H17N5O2/c1-18-10(17)7-8-6-9(11(12)15-14-8)16-4-2-13-3-5-16/h6,13H,2-5,7H2,1H3,(H2,12,15). The van der Waals surface area contributed by atoms with Crippen molar-refractivity contribution in [2.45, 2.75) is 6.42 Å². The van der Waals surface area contributed by atoms with Gasteiger partial charge in [0.2, 0.25) is 0 Å². The molecule has 1 aliphatic rings. The van der Waals surface area contributed by atoms with Crippen LogP contribution >= 0.6 is 0 Å². The second-order valence-corrected chi connectivity index (χ2v) is 4.10. The Hall–Kier alpha value is -1.89. The number of aromatic nitrogens is 2. The molecule has 2 rings (SSSR count). The van der Waals surface area contributed by atoms with Crippen LogP contribution in [0.3, 0.4) is 0 Å². The lowest BCUT2D eigenvalue weighted by atomic mass is 10.2. The highest BCUT2D eigenvalue weighted by Crippen LogP contribution is 2.21. The first kappa shape index (κ1) is 12.6. The molecule has 0 atom stereocenters. The van der Waals surface area contributed by atoms with Crippen molar-refractivity contribution in [1.29, 1.82) is 0 Å². The predicted octanol–water partition coefficient (Wildman–Crippen LogP) is -0.816. The number of rotatable bonds is 3. The largest absolute Gasteiger partial charge is 0.469 e. The van der Waals surface area contributed by atoms with E-state index in [1.54, 1.807) is 0 Å². The van der Waals surface area contributed by atoms with Gasteiger partial charge in [-0.15, -0.1) is 5.10 Å². The first-order chi connectivity index (χ1) is 8.70. The minimum absolute atomic E-state index is 0.114. The Morgan fingerprint density at radius 3 is 2.89 bits per heavy atom. The molecule has 1 aliphatic heterocycles. The van der Waals surface area contributed by atoms with Crippen molar-refractivity contribution >= 4 is 17.5 Å². The van der Waals surface area contributed by atoms with Gasteiger partial charge in [0.15, 0.2) is 5.82 Å². The summed E-state index contributed by atoms with van der Waals surface area (Å²) in [6.45, 7) is 3.56. The lowest BCUT2D eigenvalue weighted by Crippen LogP contribution is -2.44. The number of nitrogens with zero attached hydrogens (tertiary/aromatic N) is 3. The van der Waals surface area contributed by atoms with E-state index in [0.29, 0.717) is 11.5 Å². The number of hydrogen-bond acceptors (Lipinski definition) is 7. The highest BCUT2D eigenvalue weighted by Gasteiger charge is 2.16. The van der Waals surface area contributed by atoms with Crippen LogP contribution in [-0.2, 0) is 16.0 Å². The summed E-state index contributed by atoms with van der Waals surface area (Å²) in [5.41, 5.74) is 7.24. The van der Waals surface area contributed by atoms with Gasteiger partial charge < -0.3 is 20.7 Å². The number of hydrogen-bond donors (Lipinski definition) is 2. The van der Waals surface area contributed by atoms with Crippen LogP contribution in [0.15, 0.2) is 6.07 Å². The van der Waals surface area contributed by atoms with E-state index in [1.807, 2.05) is 6.07 Å². The summed E-state index contributed by atoms with van der Waals surface area (Å²) in [4.78, 5) is 13.3. The number of nitrogens with one attached hydrogen (secondary N) is 1. The molecule has 1 aromatic heterocycles. The van der Waals surface area contributed by atoms with Crippen molar-refractivity contribution in [3.8, 4) is 0 Å². The summed E-state index contributed by atoms with van der Waals surface area (Å²) in [5.74, 6) is 0.0610. The SMILES string of the molecule is COC(=O)Cc1cc(N2CCNCC2)c(N)nn1. The molecule has 0 radical (unpaired) electrons. The van der Waals surface area contributed by atoms with Crippen molar-refractivity contribution in [3.05, 3.63) is 11.8 Å². The molecule has 98 valence electrons. The van der Waals surface area contributed by atoms with E-state index in [1.165, 1.54) is 7.11 Å². The number of esters is 1. The molecule has 0 amide bonds. The van der Waals surface area contributed by atoms with Crippen LogP contribution < -0.4 is 16.0 Å². The van der Waals surface area contributed by atoms with Gasteiger partial charge in [0.05, 0.1) is 24.9 Å². The molecule has 7 nitrogen and oxygen atoms in total. The van der Waals surface area contributed by atoms with E-state index >= 15 is 0 Å². The fourth-order valence-corrected chi connectivity index (χ4v) is 1.90. The van der Waals surface area contributed by atoms with Crippen LogP contribution in [0, 0.1) is 0 Å². The number of piperazine rings is 1. The molecule has 0 spiro atoms. The second-order valence-electron chi connectivity index (χ2n) is 4.10. The average molecular weight is 251 g/mol. The quantitative estimate of drug-likeness (QED) is 0.678. The Labute approximate surface area is 105 Å². The van der Waals surface area contributed by atoms with Gasteiger partial charge in [0, 0.05) is 26.2 Å². The third kappa shape index (κ3) is 2.86. The number of anilines is 2. The van der Waals surface area contributed by atoms with Crippen molar-refractivity contribution in [2.75, 3.05) is 43.9 Å². The van der Waals surface area contributed by atoms with Gasteiger partial charge in [-0.2, -0.15) is 5.10 Å². The van der Waals surface area contributed by atoms with Gasteiger partial charge in [0.1, 0.15) is 0 Å². The molecule has 0 unspecified atom stereocenters. The predicted molar refractivity (Wildman–Crippen MR) is 67.2 cm³/mol. The zero-order chi connectivity index (χ0) is 13.0. The van der Waals surface area contributed by atoms with E-state index in [0.717, 1.165) is 31.9 Å². The Kier molecular flexibility index (Phi) is 3.93. The summed E-state index contributed by atoms with van der Waals surface area (Å²) < 4.78 is 4.61. The number of nitrogen functional groups attached to an aromatic ring is 1. The topological polar surface area (TPSA) is 93.4 Å². The van der Waals surface area contributed by atoms with Crippen LogP contribution in [0.4, 0.5) is 11.5 Å². The highest BCUT2D eigenvalue weighted by atomic mass is 16.5. The van der Waals surface area contributed by atoms with Gasteiger partial charge >= 0.3 is 5.97 Å². The normalized spacial score (nSPS) is 15.5. The van der Waals surface area contributed by atoms with Crippen LogP contribution in [-0.4, -0.2) is 49.5 Å². The van der Waals surface area contributed by atoms with E-state index in [4.69, 9.17) is 5.73 Å². The molecule has 18 heavy (non-hydrogen) atoms. The Bertz CT molecular complexity index is 431. The lowest BCUT2D eigenvalue weighted by molar-refractivity contribution is -0.139. The molecular formula is C11H17N5O2. The maximum absolute atomic E-state index is 11.2. The first-order valence-corrected chi connectivity index (χ1v) is 5.85. The smallest absolute Gasteiger partial charge is 0.311 e. The van der Waals surface area contributed by atoms with Crippen molar-refractivity contribution in [1.82, 2.24) is 15.5 Å². The van der Waals surface area contributed by atoms with Gasteiger partial charge in [-0.1, -0.05) is 0 Å². The molecule has 0 aliphatic carbocycles. The summed E-state index contributed by atoms with van der Waals surface area (Å²) in [6, 6.07) is 1.81. The number of carbonyl (C=O) groups excluding carboxylic acids is 1. The Morgan fingerprint density at radius 2 is 2.22 bits per heavy atom. The third-order valence-electron chi connectivity index (χ3n) is 2.86. The molecule has 1 aromatic rings. The second kappa shape index (κ2) is 5.63. The van der Waals surface area contributed by atoms with Crippen LogP contribution in [0.5, 0.6) is 0 Å². The van der Waals surface area contributed by atoms with Gasteiger partial charge in [-0.3, -0.25) is 4.79 Å². The monoisotopic (exact) mass is 251 g/mol. The molecule has 2 heterocycles. The summed E-state index contributed by atoms with van der Waals surface area (Å²) >= 11 is 0. The van der Waals surface area contributed by atoms with Crippen LogP contribution in [0.2, 0.25) is 0 Å². The molecule has 0 bridgehead atoms. The van der Waals surface area contributed by atoms with Gasteiger partial charge in [-0.25, -0.2) is 0 Å². The molecule has 0 aromatic carbocycles. The maximum atomic E-state index is 11.2. The van der Waals surface area contributed by atoms with Crippen molar-refractivity contribution in [2.24, 2.45) is 0 Å². The van der Waals surface area contributed by atoms with Crippen molar-refractivity contribution in [3.63, 3.8) is 0 Å². The fraction of sp³-hybridized carbons (Fsp3) is 0.545. The Balaban J connectivity index is 2.17. The van der Waals surface area contributed by atoms with E-state index < -0.39 is 0 Å². The van der Waals surface area contributed by atoms with E-state index in [2.05, 4.69) is 25.2 Å². The van der Waals surface area contributed by atoms with E-state index in [-0.39, 0.29) is 12.4 Å². The zero-order valence-corrected chi connectivity index (χ0v) is 10.3. The van der Waals surface area contributed by atoms with E-state index in [9.17, 15) is 4.79 Å². The molecule has 7 heteroatoms. The Morgan fingerprint density at radius 1 is 1.50 bits per heavy atom. The summed E-state index contributed by atoms with van der Waals surface area (Å²) in [5, 5.41) is 11.1. The third-order valence-corrected chi connectivity index (χ3v) is 2.86. The molecule has 1 fully saturated rings. The number of ether oxygens (including phenoxy) is 1. The van der Waals surface area contributed by atoms with Crippen LogP contribution in [0.1, 0.15) is 5.69 Å². The highest BCUT2D eigenvalue weighted by molar-refractivity contribution is 5.73. The summed E-state index contributed by atoms with van der Waals surface area (Å²) in [6.07, 6.45) is 0.114. The first-order valence-electron chi connectivity index (χ1n) is 5.85. The number of carbonyl (C=O) groups is 1. The molecule has 0 saturated carbocycles. The number of nitrogens with two attached hydrogens (primary N) is 1. The number of methoxy groups -OCH3 is 1. The maximum Gasteiger partial charge on any atom is 0.311 e. The minimum atomic E-state index is -0.333. The lowest BCUT2D eigenvalue weighted by Gasteiger charge is -2.29. The average Bonchev–Trinajstić information content (AvgIpc) is 2.42. The van der Waals surface area contributed by atoms with Crippen LogP contribution in [0.25, 0.3) is 0 Å². The van der Waals surface area contributed by atoms with Gasteiger partial charge in [-0.05, 0) is 6.07 Å².